The van der Waals surface area contributed by atoms with E-state index in [-0.39, 0.29) is 35.8 Å². The summed E-state index contributed by atoms with van der Waals surface area (Å²) in [6.07, 6.45) is 6.76. The van der Waals surface area contributed by atoms with Gasteiger partial charge in [0, 0.05) is 33.3 Å². The van der Waals surface area contributed by atoms with Gasteiger partial charge in [0.25, 0.3) is 0 Å². The second-order valence-electron chi connectivity index (χ2n) is 9.80. The van der Waals surface area contributed by atoms with Crippen LogP contribution in [-0.2, 0) is 19.2 Å². The number of hydrogen-bond acceptors (Lipinski definition) is 11. The predicted octanol–water partition coefficient (Wildman–Crippen LogP) is 3.02. The van der Waals surface area contributed by atoms with Gasteiger partial charge in [0.15, 0.2) is 28.3 Å². The van der Waals surface area contributed by atoms with Crippen LogP contribution in [0.1, 0.15) is 58.8 Å². The topological polar surface area (TPSA) is 138 Å². The highest BCUT2D eigenvalue weighted by Crippen LogP contribution is 2.51. The van der Waals surface area contributed by atoms with Crippen LogP contribution >= 0.6 is 0 Å². The third-order valence-electron chi connectivity index (χ3n) is 6.74. The molecule has 0 amide bonds. The largest absolute Gasteiger partial charge is 0.504 e. The molecule has 0 radical (unpaired) electrons. The predicted molar refractivity (Wildman–Crippen MR) is 131 cm³/mol. The number of benzene rings is 1. The van der Waals surface area contributed by atoms with Gasteiger partial charge in [-0.25, -0.2) is 19.2 Å². The summed E-state index contributed by atoms with van der Waals surface area (Å²) in [5.74, 6) is -2.14. The van der Waals surface area contributed by atoms with Crippen molar-refractivity contribution >= 4 is 35.5 Å². The maximum Gasteiger partial charge on any atom is 0.340 e. The Bertz CT molecular complexity index is 1120. The molecule has 1 saturated heterocycles. The van der Waals surface area contributed by atoms with Gasteiger partial charge in [0.05, 0.1) is 5.69 Å². The maximum atomic E-state index is 13.5. The van der Waals surface area contributed by atoms with Crippen molar-refractivity contribution in [3.8, 4) is 17.2 Å². The molecule has 2 aliphatic heterocycles. The first kappa shape index (κ1) is 26.9. The number of phenolic OH excluding ortho intramolecular Hbond substituents is 1. The lowest BCUT2D eigenvalue weighted by Gasteiger charge is -2.33. The van der Waals surface area contributed by atoms with Crippen molar-refractivity contribution in [1.82, 2.24) is 0 Å². The SMILES string of the molecule is CN(C)c1c2c(O)cc(N3CCCCC3)c1OC(=O)[C@@](C)(N=C=O)CCCC[C@](C)(N=C=O)C(=O)O2. The molecule has 2 bridgehead atoms. The zero-order valence-electron chi connectivity index (χ0n) is 21.1. The van der Waals surface area contributed by atoms with Crippen LogP contribution in [0.3, 0.4) is 0 Å². The molecule has 0 aliphatic carbocycles. The van der Waals surface area contributed by atoms with Gasteiger partial charge >= 0.3 is 11.9 Å². The number of ether oxygens (including phenoxy) is 2. The lowest BCUT2D eigenvalue weighted by Crippen LogP contribution is -2.38. The number of hydrogen-bond donors (Lipinski definition) is 1. The Morgan fingerprint density at radius 1 is 0.889 bits per heavy atom. The summed E-state index contributed by atoms with van der Waals surface area (Å²) in [5.41, 5.74) is -2.52. The van der Waals surface area contributed by atoms with Crippen LogP contribution < -0.4 is 19.3 Å². The lowest BCUT2D eigenvalue weighted by atomic mass is 9.91. The average molecular weight is 501 g/mol. The molecular weight excluding hydrogens is 468 g/mol. The summed E-state index contributed by atoms with van der Waals surface area (Å²) in [5, 5.41) is 11.0. The Morgan fingerprint density at radius 2 is 1.39 bits per heavy atom. The summed E-state index contributed by atoms with van der Waals surface area (Å²) in [6.45, 7) is 4.28. The van der Waals surface area contributed by atoms with Gasteiger partial charge < -0.3 is 24.4 Å². The molecule has 36 heavy (non-hydrogen) atoms. The molecule has 2 atom stereocenters. The third kappa shape index (κ3) is 5.42. The fourth-order valence-electron chi connectivity index (χ4n) is 4.54. The number of carbonyl (C=O) groups is 2. The Hall–Kier alpha value is -3.68. The average Bonchev–Trinajstić information content (AvgIpc) is 2.84. The molecule has 194 valence electrons. The van der Waals surface area contributed by atoms with Gasteiger partial charge in [0.1, 0.15) is 5.69 Å². The Kier molecular flexibility index (Phi) is 8.17. The number of rotatable bonds is 4. The van der Waals surface area contributed by atoms with E-state index in [1.54, 1.807) is 19.0 Å². The quantitative estimate of drug-likeness (QED) is 0.286. The molecular formula is C25H32N4O7. The van der Waals surface area contributed by atoms with Crippen LogP contribution in [0.2, 0.25) is 0 Å². The number of esters is 2. The number of carbonyl (C=O) groups excluding carboxylic acids is 4. The summed E-state index contributed by atoms with van der Waals surface area (Å²) >= 11 is 0. The molecule has 11 heteroatoms. The van der Waals surface area contributed by atoms with Crippen molar-refractivity contribution in [3.63, 3.8) is 0 Å². The maximum absolute atomic E-state index is 13.5. The Balaban J connectivity index is 2.28. The van der Waals surface area contributed by atoms with E-state index in [4.69, 9.17) is 9.47 Å². The first-order valence-corrected chi connectivity index (χ1v) is 12.0. The number of nitrogens with zero attached hydrogens (tertiary/aromatic N) is 4. The van der Waals surface area contributed by atoms with Crippen LogP contribution in [0.4, 0.5) is 11.4 Å². The zero-order chi connectivity index (χ0) is 26.5. The molecule has 0 aromatic heterocycles. The second kappa shape index (κ2) is 10.9. The van der Waals surface area contributed by atoms with E-state index in [2.05, 4.69) is 9.98 Å². The first-order chi connectivity index (χ1) is 17.1. The van der Waals surface area contributed by atoms with Crippen molar-refractivity contribution in [3.05, 3.63) is 6.07 Å². The van der Waals surface area contributed by atoms with Crippen LogP contribution in [0.25, 0.3) is 0 Å². The van der Waals surface area contributed by atoms with E-state index in [1.165, 1.54) is 32.1 Å². The summed E-state index contributed by atoms with van der Waals surface area (Å²) < 4.78 is 11.6. The Morgan fingerprint density at radius 3 is 1.86 bits per heavy atom. The minimum atomic E-state index is -1.58. The molecule has 1 aromatic carbocycles. The summed E-state index contributed by atoms with van der Waals surface area (Å²) in [4.78, 5) is 60.1. The van der Waals surface area contributed by atoms with Gasteiger partial charge in [-0.2, -0.15) is 9.98 Å². The van der Waals surface area contributed by atoms with Crippen molar-refractivity contribution in [2.75, 3.05) is 37.0 Å². The zero-order valence-corrected chi connectivity index (χ0v) is 21.1. The van der Waals surface area contributed by atoms with Crippen LogP contribution in [-0.4, -0.2) is 67.5 Å². The number of aromatic hydroxyl groups is 1. The first-order valence-electron chi connectivity index (χ1n) is 12.0. The van der Waals surface area contributed by atoms with Gasteiger partial charge in [-0.3, -0.25) is 0 Å². The van der Waals surface area contributed by atoms with Gasteiger partial charge in [-0.05, 0) is 46.0 Å². The fraction of sp³-hybridized carbons (Fsp3) is 0.600. The second-order valence-corrected chi connectivity index (χ2v) is 9.80. The third-order valence-corrected chi connectivity index (χ3v) is 6.74. The molecule has 1 N–H and O–H groups in total. The molecule has 3 rings (SSSR count). The monoisotopic (exact) mass is 500 g/mol. The number of isocyanates is 2. The standard InChI is InChI=1S/C25H32N4O7/c1-24(26-15-30)10-6-7-11-25(2,27-16-31)23(34)36-21-18(32)14-17(29-12-8-5-9-13-29)20(35-22(24)33)19(21)28(3)4/h14,32H,5-13H2,1-4H3/t24-,25-/m0/s1. The molecule has 0 unspecified atom stereocenters. The van der Waals surface area contributed by atoms with E-state index in [0.29, 0.717) is 31.6 Å². The summed E-state index contributed by atoms with van der Waals surface area (Å²) in [7, 11) is 3.29. The van der Waals surface area contributed by atoms with Crippen molar-refractivity contribution in [1.29, 1.82) is 0 Å². The van der Waals surface area contributed by atoms with E-state index in [1.807, 2.05) is 4.90 Å². The van der Waals surface area contributed by atoms with Gasteiger partial charge in [-0.15, -0.1) is 0 Å². The highest BCUT2D eigenvalue weighted by atomic mass is 16.6. The molecule has 2 heterocycles. The fourth-order valence-corrected chi connectivity index (χ4v) is 4.54. The molecule has 0 saturated carbocycles. The highest BCUT2D eigenvalue weighted by molar-refractivity contribution is 5.92. The van der Waals surface area contributed by atoms with Crippen molar-refractivity contribution in [2.24, 2.45) is 9.98 Å². The number of piperidine rings is 1. The minimum Gasteiger partial charge on any atom is -0.504 e. The molecule has 1 aromatic rings. The van der Waals surface area contributed by atoms with Gasteiger partial charge in [0.2, 0.25) is 12.2 Å². The van der Waals surface area contributed by atoms with E-state index >= 15 is 0 Å². The lowest BCUT2D eigenvalue weighted by molar-refractivity contribution is -0.140. The molecule has 11 nitrogen and oxygen atoms in total. The van der Waals surface area contributed by atoms with Crippen molar-refractivity contribution < 1.29 is 33.8 Å². The molecule has 1 fully saturated rings. The summed E-state index contributed by atoms with van der Waals surface area (Å²) in [6, 6.07) is 1.39. The van der Waals surface area contributed by atoms with Crippen LogP contribution in [0.5, 0.6) is 17.2 Å². The number of aliphatic imine (C=N–C) groups is 2. The van der Waals surface area contributed by atoms with E-state index < -0.39 is 23.0 Å². The number of anilines is 2. The normalized spacial score (nSPS) is 25.1. The van der Waals surface area contributed by atoms with E-state index in [9.17, 15) is 24.3 Å². The molecule has 2 aliphatic rings. The van der Waals surface area contributed by atoms with Crippen LogP contribution in [0.15, 0.2) is 16.1 Å². The van der Waals surface area contributed by atoms with Crippen molar-refractivity contribution in [2.45, 2.75) is 69.9 Å². The molecule has 0 spiro atoms. The van der Waals surface area contributed by atoms with Crippen LogP contribution in [0, 0.1) is 0 Å². The Labute approximate surface area is 209 Å². The number of phenols is 1. The smallest absolute Gasteiger partial charge is 0.340 e. The number of fused-ring (bicyclic) bond motifs is 2. The van der Waals surface area contributed by atoms with Gasteiger partial charge in [-0.1, -0.05) is 12.8 Å². The van der Waals surface area contributed by atoms with E-state index in [0.717, 1.165) is 19.3 Å². The minimum absolute atomic E-state index is 0.0691. The highest BCUT2D eigenvalue weighted by Gasteiger charge is 2.41.